The number of nitrogens with zero attached hydrogens (tertiary/aromatic N) is 4. The summed E-state index contributed by atoms with van der Waals surface area (Å²) < 4.78 is 6.66. The van der Waals surface area contributed by atoms with Crippen molar-refractivity contribution in [2.24, 2.45) is 0 Å². The normalized spacial score (nSPS) is 10.6. The maximum absolute atomic E-state index is 12.9. The third kappa shape index (κ3) is 6.48. The summed E-state index contributed by atoms with van der Waals surface area (Å²) in [6.45, 7) is 1.99. The fraction of sp³-hybridized carbons (Fsp3) is 0.192. The van der Waals surface area contributed by atoms with Crippen LogP contribution in [0.1, 0.15) is 12.5 Å². The fourth-order valence-electron chi connectivity index (χ4n) is 3.44. The Labute approximate surface area is 213 Å². The van der Waals surface area contributed by atoms with Gasteiger partial charge in [0.1, 0.15) is 12.3 Å². The second kappa shape index (κ2) is 12.0. The van der Waals surface area contributed by atoms with Crippen LogP contribution in [0.3, 0.4) is 0 Å². The standard InChI is InChI=1S/C26H26N6O3S/c1-3-18-6-4-5-7-22(18)29-23(33)16-32-26(30-25(31-32)19-12-14-27-15-13-19)36-17-24(34)28-20-8-10-21(35-2)11-9-20/h4-15H,3,16-17H2,1-2H3,(H,28,34)(H,29,33). The highest BCUT2D eigenvalue weighted by molar-refractivity contribution is 7.99. The Kier molecular flexibility index (Phi) is 8.30. The summed E-state index contributed by atoms with van der Waals surface area (Å²) in [5.41, 5.74) is 3.25. The molecule has 0 bridgehead atoms. The van der Waals surface area contributed by atoms with E-state index >= 15 is 0 Å². The van der Waals surface area contributed by atoms with E-state index in [2.05, 4.69) is 25.7 Å². The molecule has 0 aliphatic heterocycles. The van der Waals surface area contributed by atoms with Crippen molar-refractivity contribution in [2.75, 3.05) is 23.5 Å². The summed E-state index contributed by atoms with van der Waals surface area (Å²) in [6.07, 6.45) is 4.11. The average Bonchev–Trinajstić information content (AvgIpc) is 3.31. The number of nitrogens with one attached hydrogen (secondary N) is 2. The lowest BCUT2D eigenvalue weighted by atomic mass is 10.1. The number of anilines is 2. The van der Waals surface area contributed by atoms with E-state index in [0.29, 0.717) is 22.4 Å². The third-order valence-electron chi connectivity index (χ3n) is 5.25. The number of amides is 2. The minimum absolute atomic E-state index is 0.0431. The van der Waals surface area contributed by atoms with Crippen LogP contribution in [0.25, 0.3) is 11.4 Å². The van der Waals surface area contributed by atoms with Crippen molar-refractivity contribution in [3.05, 3.63) is 78.6 Å². The lowest BCUT2D eigenvalue weighted by Crippen LogP contribution is -2.21. The van der Waals surface area contributed by atoms with Crippen LogP contribution in [0, 0.1) is 0 Å². The summed E-state index contributed by atoms with van der Waals surface area (Å²) >= 11 is 1.21. The topological polar surface area (TPSA) is 111 Å². The molecule has 0 atom stereocenters. The zero-order valence-corrected chi connectivity index (χ0v) is 20.8. The number of carbonyl (C=O) groups is 2. The van der Waals surface area contributed by atoms with Gasteiger partial charge in [-0.3, -0.25) is 14.6 Å². The van der Waals surface area contributed by atoms with Crippen molar-refractivity contribution in [1.82, 2.24) is 19.7 Å². The van der Waals surface area contributed by atoms with Crippen molar-refractivity contribution >= 4 is 35.0 Å². The first-order valence-electron chi connectivity index (χ1n) is 11.4. The minimum Gasteiger partial charge on any atom is -0.497 e. The maximum Gasteiger partial charge on any atom is 0.246 e. The summed E-state index contributed by atoms with van der Waals surface area (Å²) in [4.78, 5) is 34.0. The Morgan fingerprint density at radius 2 is 1.72 bits per heavy atom. The Balaban J connectivity index is 1.47. The van der Waals surface area contributed by atoms with E-state index in [1.165, 1.54) is 16.4 Å². The van der Waals surface area contributed by atoms with Crippen LogP contribution in [0.15, 0.2) is 78.2 Å². The Morgan fingerprint density at radius 3 is 2.44 bits per heavy atom. The largest absolute Gasteiger partial charge is 0.497 e. The number of ether oxygens (including phenoxy) is 1. The predicted molar refractivity (Wildman–Crippen MR) is 140 cm³/mol. The van der Waals surface area contributed by atoms with Crippen LogP contribution < -0.4 is 15.4 Å². The first-order valence-corrected chi connectivity index (χ1v) is 12.3. The smallest absolute Gasteiger partial charge is 0.246 e. The molecule has 0 saturated heterocycles. The first-order chi connectivity index (χ1) is 17.6. The molecule has 4 rings (SSSR count). The predicted octanol–water partition coefficient (Wildman–Crippen LogP) is 4.28. The van der Waals surface area contributed by atoms with Gasteiger partial charge in [-0.2, -0.15) is 0 Å². The van der Waals surface area contributed by atoms with E-state index in [0.717, 1.165) is 23.2 Å². The molecule has 36 heavy (non-hydrogen) atoms. The number of pyridine rings is 1. The SMILES string of the molecule is CCc1ccccc1NC(=O)Cn1nc(-c2ccncc2)nc1SCC(=O)Nc1ccc(OC)cc1. The van der Waals surface area contributed by atoms with Crippen LogP contribution in [0.4, 0.5) is 11.4 Å². The van der Waals surface area contributed by atoms with Gasteiger partial charge in [-0.15, -0.1) is 5.10 Å². The minimum atomic E-state index is -0.230. The van der Waals surface area contributed by atoms with Crippen molar-refractivity contribution < 1.29 is 14.3 Å². The Morgan fingerprint density at radius 1 is 0.972 bits per heavy atom. The van der Waals surface area contributed by atoms with Crippen LogP contribution >= 0.6 is 11.8 Å². The lowest BCUT2D eigenvalue weighted by Gasteiger charge is -2.10. The van der Waals surface area contributed by atoms with Gasteiger partial charge in [0.15, 0.2) is 11.0 Å². The molecule has 9 nitrogen and oxygen atoms in total. The zero-order valence-electron chi connectivity index (χ0n) is 20.0. The van der Waals surface area contributed by atoms with E-state index in [1.54, 1.807) is 55.9 Å². The maximum atomic E-state index is 12.9. The molecule has 2 amide bonds. The van der Waals surface area contributed by atoms with Gasteiger partial charge < -0.3 is 15.4 Å². The molecule has 4 aromatic rings. The molecule has 2 heterocycles. The number of para-hydroxylation sites is 1. The third-order valence-corrected chi connectivity index (χ3v) is 6.21. The van der Waals surface area contributed by atoms with Crippen LogP contribution in [-0.4, -0.2) is 44.4 Å². The highest BCUT2D eigenvalue weighted by Gasteiger charge is 2.17. The summed E-state index contributed by atoms with van der Waals surface area (Å²) in [7, 11) is 1.59. The molecule has 184 valence electrons. The van der Waals surface area contributed by atoms with Gasteiger partial charge >= 0.3 is 0 Å². The molecule has 0 saturated carbocycles. The van der Waals surface area contributed by atoms with Gasteiger partial charge in [0, 0.05) is 29.3 Å². The van der Waals surface area contributed by atoms with E-state index in [9.17, 15) is 9.59 Å². The molecule has 0 unspecified atom stereocenters. The number of aryl methyl sites for hydroxylation is 1. The van der Waals surface area contributed by atoms with Gasteiger partial charge in [0.25, 0.3) is 0 Å². The second-order valence-corrected chi connectivity index (χ2v) is 8.68. The number of rotatable bonds is 10. The van der Waals surface area contributed by atoms with Crippen molar-refractivity contribution in [3.8, 4) is 17.1 Å². The van der Waals surface area contributed by atoms with E-state index in [1.807, 2.05) is 31.2 Å². The van der Waals surface area contributed by atoms with Gasteiger partial charge in [-0.25, -0.2) is 9.67 Å². The highest BCUT2D eigenvalue weighted by atomic mass is 32.2. The average molecular weight is 503 g/mol. The monoisotopic (exact) mass is 502 g/mol. The van der Waals surface area contributed by atoms with E-state index in [-0.39, 0.29) is 24.1 Å². The number of thioether (sulfide) groups is 1. The summed E-state index contributed by atoms with van der Waals surface area (Å²) in [5.74, 6) is 0.829. The van der Waals surface area contributed by atoms with Crippen molar-refractivity contribution in [3.63, 3.8) is 0 Å². The zero-order chi connectivity index (χ0) is 25.3. The molecule has 10 heteroatoms. The van der Waals surface area contributed by atoms with E-state index < -0.39 is 0 Å². The highest BCUT2D eigenvalue weighted by Crippen LogP contribution is 2.23. The molecule has 0 fully saturated rings. The molecule has 0 aliphatic rings. The molecule has 0 spiro atoms. The molecular weight excluding hydrogens is 476 g/mol. The van der Waals surface area contributed by atoms with Crippen molar-refractivity contribution in [2.45, 2.75) is 25.0 Å². The van der Waals surface area contributed by atoms with Gasteiger partial charge in [0.2, 0.25) is 11.8 Å². The number of benzene rings is 2. The quantitative estimate of drug-likeness (QED) is 0.311. The van der Waals surface area contributed by atoms with E-state index in [4.69, 9.17) is 4.74 Å². The number of methoxy groups -OCH3 is 1. The number of hydrogen-bond donors (Lipinski definition) is 2. The van der Waals surface area contributed by atoms with Crippen LogP contribution in [0.2, 0.25) is 0 Å². The van der Waals surface area contributed by atoms with Crippen LogP contribution in [0.5, 0.6) is 5.75 Å². The van der Waals surface area contributed by atoms with Crippen molar-refractivity contribution in [1.29, 1.82) is 0 Å². The summed E-state index contributed by atoms with van der Waals surface area (Å²) in [6, 6.07) is 18.4. The molecule has 2 N–H and O–H groups in total. The van der Waals surface area contributed by atoms with Gasteiger partial charge in [0.05, 0.1) is 12.9 Å². The van der Waals surface area contributed by atoms with Gasteiger partial charge in [-0.1, -0.05) is 36.9 Å². The number of carbonyl (C=O) groups excluding carboxylic acids is 2. The molecule has 2 aromatic carbocycles. The van der Waals surface area contributed by atoms with Crippen LogP contribution in [-0.2, 0) is 22.6 Å². The van der Waals surface area contributed by atoms with Gasteiger partial charge in [-0.05, 0) is 54.4 Å². The lowest BCUT2D eigenvalue weighted by molar-refractivity contribution is -0.117. The second-order valence-electron chi connectivity index (χ2n) is 7.74. The molecule has 2 aromatic heterocycles. The Bertz CT molecular complexity index is 1330. The number of hydrogen-bond acceptors (Lipinski definition) is 7. The fourth-order valence-corrected chi connectivity index (χ4v) is 4.18. The number of aromatic nitrogens is 4. The summed E-state index contributed by atoms with van der Waals surface area (Å²) in [5, 5.41) is 10.8. The molecule has 0 radical (unpaired) electrons. The Hall–Kier alpha value is -4.18. The molecule has 0 aliphatic carbocycles. The molecular formula is C26H26N6O3S. The first kappa shape index (κ1) is 24.9.